The molecular weight excluding hydrogens is 522 g/mol. The lowest BCUT2D eigenvalue weighted by Gasteiger charge is -2.60. The van der Waals surface area contributed by atoms with Gasteiger partial charge in [-0.15, -0.1) is 0 Å². The third kappa shape index (κ3) is 3.92. The molecule has 0 amide bonds. The fourth-order valence-electron chi connectivity index (χ4n) is 9.58. The molecule has 5 aliphatic rings. The minimum atomic E-state index is -1.41. The topological polar surface area (TPSA) is 97.5 Å². The van der Waals surface area contributed by atoms with Crippen molar-refractivity contribution in [2.45, 2.75) is 88.0 Å². The molecule has 3 heterocycles. The van der Waals surface area contributed by atoms with Crippen LogP contribution in [0.5, 0.6) is 0 Å². The number of carbonyl (C=O) groups is 1. The number of hydrogen-bond acceptors (Lipinski definition) is 7. The Hall–Kier alpha value is -2.00. The van der Waals surface area contributed by atoms with Gasteiger partial charge in [0.05, 0.1) is 34.8 Å². The molecule has 0 aromatic carbocycles. The first-order valence-corrected chi connectivity index (χ1v) is 16.1. The molecule has 0 radical (unpaired) electrons. The zero-order chi connectivity index (χ0) is 27.7. The van der Waals surface area contributed by atoms with E-state index in [9.17, 15) is 15.0 Å². The van der Waals surface area contributed by atoms with Crippen LogP contribution in [-0.2, 0) is 16.0 Å². The van der Waals surface area contributed by atoms with Crippen LogP contribution >= 0.6 is 11.8 Å². The van der Waals surface area contributed by atoms with Crippen LogP contribution in [0.2, 0.25) is 0 Å². The Balaban J connectivity index is 1.14. The van der Waals surface area contributed by atoms with Gasteiger partial charge in [-0.1, -0.05) is 37.2 Å². The van der Waals surface area contributed by atoms with Crippen LogP contribution < -0.4 is 0 Å². The number of ether oxygens (including phenoxy) is 1. The number of rotatable bonds is 5. The second-order valence-corrected chi connectivity index (χ2v) is 14.4. The average molecular weight is 564 g/mol. The molecule has 4 fully saturated rings. The molecule has 7 atom stereocenters. The summed E-state index contributed by atoms with van der Waals surface area (Å²) in [4.78, 5) is 17.9. The largest absolute Gasteiger partial charge is 0.393 e. The molecule has 0 bridgehead atoms. The summed E-state index contributed by atoms with van der Waals surface area (Å²) >= 11 is 1.39. The SMILES string of the molecule is CC12Cc3cnn(C4CCOCC4)c3C=C1CCC1C2[C@@H](O)CC2(C)C1CC[C@]2(O)C(=O)CSc1ccccn1. The summed E-state index contributed by atoms with van der Waals surface area (Å²) in [7, 11) is 0. The van der Waals surface area contributed by atoms with E-state index >= 15 is 0 Å². The molecule has 8 heteroatoms. The Morgan fingerprint density at radius 2 is 2.02 bits per heavy atom. The zero-order valence-electron chi connectivity index (χ0n) is 23.6. The molecular formula is C32H41N3O4S. The third-order valence-electron chi connectivity index (χ3n) is 11.6. The molecule has 4 aliphatic carbocycles. The second-order valence-electron chi connectivity index (χ2n) is 13.4. The summed E-state index contributed by atoms with van der Waals surface area (Å²) in [6.45, 7) is 6.02. The van der Waals surface area contributed by atoms with Crippen molar-refractivity contribution in [2.75, 3.05) is 19.0 Å². The molecule has 40 heavy (non-hydrogen) atoms. The Morgan fingerprint density at radius 1 is 1.20 bits per heavy atom. The molecule has 2 aromatic rings. The van der Waals surface area contributed by atoms with Crippen molar-refractivity contribution in [2.24, 2.45) is 28.6 Å². The van der Waals surface area contributed by atoms with Gasteiger partial charge in [-0.2, -0.15) is 5.10 Å². The van der Waals surface area contributed by atoms with Crippen LogP contribution in [-0.4, -0.2) is 61.4 Å². The maximum absolute atomic E-state index is 13.6. The van der Waals surface area contributed by atoms with Crippen molar-refractivity contribution in [1.29, 1.82) is 0 Å². The van der Waals surface area contributed by atoms with Crippen LogP contribution in [0.4, 0.5) is 0 Å². The summed E-state index contributed by atoms with van der Waals surface area (Å²) in [6, 6.07) is 6.06. The first kappa shape index (κ1) is 26.9. The monoisotopic (exact) mass is 563 g/mol. The molecule has 7 rings (SSSR count). The molecule has 0 spiro atoms. The molecule has 7 nitrogen and oxygen atoms in total. The Kier molecular flexibility index (Phi) is 6.57. The zero-order valence-corrected chi connectivity index (χ0v) is 24.4. The van der Waals surface area contributed by atoms with E-state index in [2.05, 4.69) is 35.8 Å². The standard InChI is InChI=1S/C32H41N3O4S/c1-30-16-20-18-34-35(22-9-13-39-14-10-22)25(20)15-21(30)6-7-23-24-8-11-32(38,31(24,2)17-26(36)29(23)30)27(37)19-40-28-5-3-4-12-33-28/h3-5,12,15,18,22-24,26,29,36,38H,6-11,13-14,16-17,19H2,1-2H3/t23?,24?,26-,29?,30?,31?,32-/m0/s1. The van der Waals surface area contributed by atoms with E-state index in [1.165, 1.54) is 28.6 Å². The number of pyridine rings is 1. The number of aliphatic hydroxyl groups excluding tert-OH is 1. The van der Waals surface area contributed by atoms with Crippen LogP contribution in [0, 0.1) is 28.6 Å². The van der Waals surface area contributed by atoms with E-state index in [1.807, 2.05) is 18.2 Å². The van der Waals surface area contributed by atoms with Crippen LogP contribution in [0.15, 0.2) is 41.2 Å². The lowest BCUT2D eigenvalue weighted by molar-refractivity contribution is -0.177. The Morgan fingerprint density at radius 3 is 2.80 bits per heavy atom. The van der Waals surface area contributed by atoms with Gasteiger partial charge in [0.15, 0.2) is 5.78 Å². The number of nitrogens with zero attached hydrogens (tertiary/aromatic N) is 3. The number of aromatic nitrogens is 3. The molecule has 5 unspecified atom stereocenters. The van der Waals surface area contributed by atoms with E-state index < -0.39 is 17.1 Å². The summed E-state index contributed by atoms with van der Waals surface area (Å²) in [5, 5.41) is 29.6. The highest BCUT2D eigenvalue weighted by Gasteiger charge is 2.68. The number of aliphatic hydroxyl groups is 2. The highest BCUT2D eigenvalue weighted by molar-refractivity contribution is 7.99. The minimum Gasteiger partial charge on any atom is -0.393 e. The minimum absolute atomic E-state index is 0.116. The maximum Gasteiger partial charge on any atom is 0.175 e. The Bertz CT molecular complexity index is 1320. The predicted molar refractivity (Wildman–Crippen MR) is 154 cm³/mol. The van der Waals surface area contributed by atoms with Crippen molar-refractivity contribution in [1.82, 2.24) is 14.8 Å². The molecule has 2 aromatic heterocycles. The highest BCUT2D eigenvalue weighted by Crippen LogP contribution is 2.67. The molecule has 3 saturated carbocycles. The van der Waals surface area contributed by atoms with Crippen LogP contribution in [0.1, 0.15) is 76.1 Å². The lowest BCUT2D eigenvalue weighted by atomic mass is 9.45. The van der Waals surface area contributed by atoms with Crippen LogP contribution in [0.3, 0.4) is 0 Å². The summed E-state index contributed by atoms with van der Waals surface area (Å²) < 4.78 is 7.83. The van der Waals surface area contributed by atoms with E-state index in [-0.39, 0.29) is 34.7 Å². The first-order chi connectivity index (χ1) is 19.2. The number of thioether (sulfide) groups is 1. The Labute approximate surface area is 240 Å². The normalized spacial score (nSPS) is 39.0. The summed E-state index contributed by atoms with van der Waals surface area (Å²) in [5.41, 5.74) is 1.80. The van der Waals surface area contributed by atoms with Gasteiger partial charge in [0.1, 0.15) is 5.60 Å². The van der Waals surface area contributed by atoms with Crippen molar-refractivity contribution < 1.29 is 19.7 Å². The fourth-order valence-corrected chi connectivity index (χ4v) is 10.4. The second kappa shape index (κ2) is 9.79. The quantitative estimate of drug-likeness (QED) is 0.501. The number of allylic oxidation sites excluding steroid dienone is 1. The van der Waals surface area contributed by atoms with Crippen molar-refractivity contribution in [3.63, 3.8) is 0 Å². The number of fused-ring (bicyclic) bond motifs is 6. The third-order valence-corrected chi connectivity index (χ3v) is 12.5. The number of hydrogen-bond donors (Lipinski definition) is 2. The molecule has 214 valence electrons. The van der Waals surface area contributed by atoms with E-state index in [0.29, 0.717) is 18.9 Å². The van der Waals surface area contributed by atoms with Gasteiger partial charge in [0.25, 0.3) is 0 Å². The van der Waals surface area contributed by atoms with Crippen LogP contribution in [0.25, 0.3) is 6.08 Å². The van der Waals surface area contributed by atoms with Gasteiger partial charge >= 0.3 is 0 Å². The number of carbonyl (C=O) groups excluding carboxylic acids is 1. The molecule has 1 saturated heterocycles. The van der Waals surface area contributed by atoms with Gasteiger partial charge in [-0.05, 0) is 98.3 Å². The van der Waals surface area contributed by atoms with Gasteiger partial charge in [-0.3, -0.25) is 9.48 Å². The fraction of sp³-hybridized carbons (Fsp3) is 0.656. The lowest BCUT2D eigenvalue weighted by Crippen LogP contribution is -2.62. The average Bonchev–Trinajstić information content (AvgIpc) is 3.48. The van der Waals surface area contributed by atoms with Gasteiger partial charge < -0.3 is 14.9 Å². The van der Waals surface area contributed by atoms with E-state index in [4.69, 9.17) is 9.84 Å². The van der Waals surface area contributed by atoms with E-state index in [1.54, 1.807) is 6.20 Å². The van der Waals surface area contributed by atoms with Crippen molar-refractivity contribution in [3.05, 3.63) is 47.4 Å². The predicted octanol–water partition coefficient (Wildman–Crippen LogP) is 4.88. The van der Waals surface area contributed by atoms with E-state index in [0.717, 1.165) is 56.8 Å². The molecule has 1 aliphatic heterocycles. The van der Waals surface area contributed by atoms with Crippen molar-refractivity contribution in [3.8, 4) is 0 Å². The smallest absolute Gasteiger partial charge is 0.175 e. The van der Waals surface area contributed by atoms with Crippen molar-refractivity contribution >= 4 is 23.6 Å². The summed E-state index contributed by atoms with van der Waals surface area (Å²) in [6.07, 6.45) is 12.3. The number of ketones is 1. The van der Waals surface area contributed by atoms with Gasteiger partial charge in [0, 0.05) is 24.8 Å². The van der Waals surface area contributed by atoms with Gasteiger partial charge in [0.2, 0.25) is 0 Å². The first-order valence-electron chi connectivity index (χ1n) is 15.1. The molecule has 2 N–H and O–H groups in total. The number of Topliss-reactive ketones (excluding diaryl/α,β-unsaturated/α-hetero) is 1. The van der Waals surface area contributed by atoms with Gasteiger partial charge in [-0.25, -0.2) is 4.98 Å². The maximum atomic E-state index is 13.6. The highest BCUT2D eigenvalue weighted by atomic mass is 32.2. The summed E-state index contributed by atoms with van der Waals surface area (Å²) in [5.74, 6) is 0.701.